The Hall–Kier alpha value is -2.77. The predicted molar refractivity (Wildman–Crippen MR) is 103 cm³/mol. The number of nitrogens with one attached hydrogen (secondary N) is 3. The van der Waals surface area contributed by atoms with Crippen LogP contribution in [0.2, 0.25) is 0 Å². The number of nitrogens with two attached hydrogens (primary N) is 2. The number of hydrogen-bond acceptors (Lipinski definition) is 8. The quantitative estimate of drug-likeness (QED) is 0.150. The molecule has 0 spiro atoms. The Morgan fingerprint density at radius 2 is 1.30 bits per heavy atom. The van der Waals surface area contributed by atoms with Crippen LogP contribution in [0.25, 0.3) is 0 Å². The molecule has 10 N–H and O–H groups in total. The number of hydrogen-bond donors (Lipinski definition) is 8. The van der Waals surface area contributed by atoms with Crippen molar-refractivity contribution in [2.45, 2.75) is 70.5 Å². The van der Waals surface area contributed by atoms with Crippen molar-refractivity contribution in [1.82, 2.24) is 16.0 Å². The summed E-state index contributed by atoms with van der Waals surface area (Å²) in [6.07, 6.45) is -3.24. The molecule has 0 aliphatic heterocycles. The van der Waals surface area contributed by atoms with E-state index in [0.29, 0.717) is 0 Å². The van der Waals surface area contributed by atoms with Crippen molar-refractivity contribution in [2.24, 2.45) is 17.4 Å². The number of carboxylic acid groups (broad SMARTS) is 1. The van der Waals surface area contributed by atoms with Crippen LogP contribution in [-0.2, 0) is 24.0 Å². The molecule has 6 atom stereocenters. The number of rotatable bonds is 12. The van der Waals surface area contributed by atoms with Gasteiger partial charge in [0.05, 0.1) is 18.6 Å². The maximum atomic E-state index is 12.6. The van der Waals surface area contributed by atoms with Crippen LogP contribution in [0.4, 0.5) is 0 Å². The lowest BCUT2D eigenvalue weighted by Crippen LogP contribution is -2.60. The van der Waals surface area contributed by atoms with E-state index in [-0.39, 0.29) is 0 Å². The van der Waals surface area contributed by atoms with Gasteiger partial charge < -0.3 is 42.7 Å². The molecule has 6 unspecified atom stereocenters. The van der Waals surface area contributed by atoms with E-state index >= 15 is 0 Å². The van der Waals surface area contributed by atoms with Crippen LogP contribution in [0.5, 0.6) is 0 Å². The fraction of sp³-hybridized carbons (Fsp3) is 0.706. The molecule has 0 aromatic carbocycles. The second kappa shape index (κ2) is 12.0. The zero-order chi connectivity index (χ0) is 23.8. The second-order valence-electron chi connectivity index (χ2n) is 7.29. The van der Waals surface area contributed by atoms with E-state index in [1.54, 1.807) is 13.8 Å². The molecule has 0 saturated carbocycles. The average molecular weight is 433 g/mol. The first-order valence-corrected chi connectivity index (χ1v) is 9.22. The van der Waals surface area contributed by atoms with E-state index in [0.717, 1.165) is 0 Å². The summed E-state index contributed by atoms with van der Waals surface area (Å²) in [5.41, 5.74) is 10.6. The molecule has 0 rings (SSSR count). The van der Waals surface area contributed by atoms with Crippen molar-refractivity contribution in [2.75, 3.05) is 0 Å². The molecule has 0 aliphatic rings. The van der Waals surface area contributed by atoms with Gasteiger partial charge in [-0.25, -0.2) is 4.79 Å². The van der Waals surface area contributed by atoms with Crippen LogP contribution >= 0.6 is 0 Å². The number of aliphatic carboxylic acids is 1. The monoisotopic (exact) mass is 433 g/mol. The minimum atomic E-state index is -1.61. The van der Waals surface area contributed by atoms with Gasteiger partial charge in [0.2, 0.25) is 23.6 Å². The van der Waals surface area contributed by atoms with E-state index in [9.17, 15) is 34.2 Å². The molecule has 0 radical (unpaired) electrons. The highest BCUT2D eigenvalue weighted by atomic mass is 16.4. The number of amides is 4. The molecule has 13 nitrogen and oxygen atoms in total. The number of carbonyl (C=O) groups excluding carboxylic acids is 4. The largest absolute Gasteiger partial charge is 0.480 e. The van der Waals surface area contributed by atoms with Gasteiger partial charge in [0, 0.05) is 0 Å². The minimum absolute atomic E-state index is 0.526. The molecule has 0 aromatic rings. The summed E-state index contributed by atoms with van der Waals surface area (Å²) in [5.74, 6) is -5.68. The standard InChI is InChI=1S/C17H31N5O8/c1-6(2)12(16(28)22-13(8(4)24)17(29)30)21-14(26)9(5-10(18)25)20-15(27)11(19)7(3)23/h6-9,11-13,23-24H,5,19H2,1-4H3,(H2,18,25)(H,20,27)(H,21,26)(H,22,28)(H,29,30). The van der Waals surface area contributed by atoms with Gasteiger partial charge in [0.15, 0.2) is 6.04 Å². The fourth-order valence-corrected chi connectivity index (χ4v) is 2.32. The summed E-state index contributed by atoms with van der Waals surface area (Å²) < 4.78 is 0. The van der Waals surface area contributed by atoms with Crippen molar-refractivity contribution in [3.05, 3.63) is 0 Å². The smallest absolute Gasteiger partial charge is 0.328 e. The normalized spacial score (nSPS) is 17.1. The van der Waals surface area contributed by atoms with Gasteiger partial charge in [-0.2, -0.15) is 0 Å². The van der Waals surface area contributed by atoms with Crippen LogP contribution in [0, 0.1) is 5.92 Å². The van der Waals surface area contributed by atoms with E-state index in [1.807, 2.05) is 0 Å². The van der Waals surface area contributed by atoms with Crippen molar-refractivity contribution in [3.63, 3.8) is 0 Å². The molecule has 0 heterocycles. The summed E-state index contributed by atoms with van der Waals surface area (Å²) in [5, 5.41) is 34.6. The lowest BCUT2D eigenvalue weighted by atomic mass is 10.0. The van der Waals surface area contributed by atoms with Gasteiger partial charge in [0.25, 0.3) is 0 Å². The lowest BCUT2D eigenvalue weighted by Gasteiger charge is -2.27. The van der Waals surface area contributed by atoms with Crippen molar-refractivity contribution in [1.29, 1.82) is 0 Å². The first-order valence-electron chi connectivity index (χ1n) is 9.22. The second-order valence-corrected chi connectivity index (χ2v) is 7.29. The number of aliphatic hydroxyl groups excluding tert-OH is 2. The summed E-state index contributed by atoms with van der Waals surface area (Å²) in [7, 11) is 0. The number of aliphatic hydroxyl groups is 2. The van der Waals surface area contributed by atoms with Gasteiger partial charge in [0.1, 0.15) is 18.1 Å². The Labute approximate surface area is 173 Å². The molecule has 0 saturated heterocycles. The predicted octanol–water partition coefficient (Wildman–Crippen LogP) is -3.85. The Morgan fingerprint density at radius 3 is 1.67 bits per heavy atom. The zero-order valence-electron chi connectivity index (χ0n) is 17.3. The Kier molecular flexibility index (Phi) is 10.9. The summed E-state index contributed by atoms with van der Waals surface area (Å²) in [6.45, 7) is 5.56. The van der Waals surface area contributed by atoms with E-state index in [4.69, 9.17) is 16.6 Å². The average Bonchev–Trinajstić information content (AvgIpc) is 2.60. The van der Waals surface area contributed by atoms with Crippen LogP contribution in [0.15, 0.2) is 0 Å². The van der Waals surface area contributed by atoms with Crippen LogP contribution in [0.1, 0.15) is 34.1 Å². The third kappa shape index (κ3) is 8.71. The number of carbonyl (C=O) groups is 5. The SMILES string of the molecule is CC(C)C(NC(=O)C(CC(N)=O)NC(=O)C(N)C(C)O)C(=O)NC(C(=O)O)C(C)O. The molecule has 0 bridgehead atoms. The molecular weight excluding hydrogens is 402 g/mol. The van der Waals surface area contributed by atoms with E-state index < -0.39 is 78.3 Å². The maximum absolute atomic E-state index is 12.6. The van der Waals surface area contributed by atoms with E-state index in [2.05, 4.69) is 16.0 Å². The summed E-state index contributed by atoms with van der Waals surface area (Å²) in [6, 6.07) is -5.72. The molecule has 0 aromatic heterocycles. The summed E-state index contributed by atoms with van der Waals surface area (Å²) >= 11 is 0. The van der Waals surface area contributed by atoms with Crippen LogP contribution in [0.3, 0.4) is 0 Å². The highest BCUT2D eigenvalue weighted by Gasteiger charge is 2.34. The van der Waals surface area contributed by atoms with Crippen LogP contribution < -0.4 is 27.4 Å². The Balaban J connectivity index is 5.46. The van der Waals surface area contributed by atoms with Crippen molar-refractivity contribution >= 4 is 29.6 Å². The molecule has 13 heteroatoms. The Bertz CT molecular complexity index is 652. The first-order chi connectivity index (χ1) is 13.7. The molecule has 30 heavy (non-hydrogen) atoms. The zero-order valence-corrected chi connectivity index (χ0v) is 17.3. The fourth-order valence-electron chi connectivity index (χ4n) is 2.32. The first kappa shape index (κ1) is 27.2. The Morgan fingerprint density at radius 1 is 0.800 bits per heavy atom. The van der Waals surface area contributed by atoms with Gasteiger partial charge in [-0.05, 0) is 19.8 Å². The molecule has 172 valence electrons. The number of primary amides is 1. The molecule has 0 fully saturated rings. The number of carboxylic acids is 1. The summed E-state index contributed by atoms with van der Waals surface area (Å²) in [4.78, 5) is 59.6. The van der Waals surface area contributed by atoms with Gasteiger partial charge in [-0.3, -0.25) is 19.2 Å². The highest BCUT2D eigenvalue weighted by Crippen LogP contribution is 2.06. The van der Waals surface area contributed by atoms with Crippen molar-refractivity contribution in [3.8, 4) is 0 Å². The van der Waals surface area contributed by atoms with Gasteiger partial charge >= 0.3 is 5.97 Å². The van der Waals surface area contributed by atoms with Crippen molar-refractivity contribution < 1.29 is 39.3 Å². The van der Waals surface area contributed by atoms with Gasteiger partial charge in [-0.15, -0.1) is 0 Å². The topological polar surface area (TPSA) is 234 Å². The van der Waals surface area contributed by atoms with E-state index in [1.165, 1.54) is 13.8 Å². The third-order valence-electron chi connectivity index (χ3n) is 4.15. The lowest BCUT2D eigenvalue weighted by molar-refractivity contribution is -0.145. The molecule has 4 amide bonds. The van der Waals surface area contributed by atoms with Gasteiger partial charge in [-0.1, -0.05) is 13.8 Å². The maximum Gasteiger partial charge on any atom is 0.328 e. The van der Waals surface area contributed by atoms with Crippen LogP contribution in [-0.4, -0.2) is 81.3 Å². The highest BCUT2D eigenvalue weighted by molar-refractivity contribution is 5.96. The minimum Gasteiger partial charge on any atom is -0.480 e. The third-order valence-corrected chi connectivity index (χ3v) is 4.15. The molecular formula is C17H31N5O8. The molecule has 0 aliphatic carbocycles.